The van der Waals surface area contributed by atoms with Crippen LogP contribution in [0.1, 0.15) is 31.0 Å². The number of benzene rings is 2. The van der Waals surface area contributed by atoms with Gasteiger partial charge in [0.05, 0.1) is 16.2 Å². The Labute approximate surface area is 131 Å². The van der Waals surface area contributed by atoms with Crippen LogP contribution >= 0.6 is 15.9 Å². The SMILES string of the molecule is CC1(C)Cc2ccccc2C1Nc1cc(Br)c(F)cc1F. The summed E-state index contributed by atoms with van der Waals surface area (Å²) in [6, 6.07) is 10.6. The maximum absolute atomic E-state index is 14.0. The Bertz CT molecular complexity index is 697. The second-order valence-electron chi connectivity index (χ2n) is 6.19. The summed E-state index contributed by atoms with van der Waals surface area (Å²) in [5.74, 6) is -1.17. The molecule has 0 aliphatic heterocycles. The molecule has 2 aromatic rings. The zero-order chi connectivity index (χ0) is 15.2. The van der Waals surface area contributed by atoms with Gasteiger partial charge in [-0.05, 0) is 45.0 Å². The Morgan fingerprint density at radius 1 is 1.14 bits per heavy atom. The minimum absolute atomic E-state index is 0.000520. The van der Waals surface area contributed by atoms with Gasteiger partial charge in [0.1, 0.15) is 11.6 Å². The van der Waals surface area contributed by atoms with Gasteiger partial charge in [-0.1, -0.05) is 38.1 Å². The Balaban J connectivity index is 1.99. The number of rotatable bonds is 2. The number of anilines is 1. The quantitative estimate of drug-likeness (QED) is 0.708. The van der Waals surface area contributed by atoms with Crippen LogP contribution in [0.5, 0.6) is 0 Å². The smallest absolute Gasteiger partial charge is 0.149 e. The lowest BCUT2D eigenvalue weighted by Gasteiger charge is -2.29. The molecular formula is C17H16BrF2N. The van der Waals surface area contributed by atoms with Gasteiger partial charge in [0.25, 0.3) is 0 Å². The third-order valence-corrected chi connectivity index (χ3v) is 4.71. The van der Waals surface area contributed by atoms with Gasteiger partial charge in [-0.2, -0.15) is 0 Å². The van der Waals surface area contributed by atoms with Gasteiger partial charge in [-0.3, -0.25) is 0 Å². The van der Waals surface area contributed by atoms with E-state index in [1.54, 1.807) is 0 Å². The summed E-state index contributed by atoms with van der Waals surface area (Å²) in [6.07, 6.45) is 0.935. The molecule has 4 heteroatoms. The first-order valence-electron chi connectivity index (χ1n) is 6.87. The summed E-state index contributed by atoms with van der Waals surface area (Å²) in [4.78, 5) is 0. The molecule has 21 heavy (non-hydrogen) atoms. The van der Waals surface area contributed by atoms with Crippen molar-refractivity contribution in [3.63, 3.8) is 0 Å². The first kappa shape index (κ1) is 14.5. The van der Waals surface area contributed by atoms with Crippen molar-refractivity contribution in [2.45, 2.75) is 26.3 Å². The highest BCUT2D eigenvalue weighted by atomic mass is 79.9. The maximum atomic E-state index is 14.0. The van der Waals surface area contributed by atoms with E-state index in [1.807, 2.05) is 12.1 Å². The lowest BCUT2D eigenvalue weighted by atomic mass is 9.85. The van der Waals surface area contributed by atoms with Crippen molar-refractivity contribution in [3.8, 4) is 0 Å². The molecule has 0 saturated heterocycles. The number of nitrogens with one attached hydrogen (secondary N) is 1. The fourth-order valence-electron chi connectivity index (χ4n) is 3.05. The Morgan fingerprint density at radius 3 is 2.62 bits per heavy atom. The molecule has 1 N–H and O–H groups in total. The van der Waals surface area contributed by atoms with E-state index >= 15 is 0 Å². The fraction of sp³-hybridized carbons (Fsp3) is 0.294. The lowest BCUT2D eigenvalue weighted by molar-refractivity contribution is 0.336. The largest absolute Gasteiger partial charge is 0.375 e. The average molecular weight is 352 g/mol. The standard InChI is InChI=1S/C17H16BrF2N/c1-17(2)9-10-5-3-4-6-11(10)16(17)21-15-7-12(18)13(19)8-14(15)20/h3-8,16,21H,9H2,1-2H3. The topological polar surface area (TPSA) is 12.0 Å². The molecule has 0 heterocycles. The third kappa shape index (κ3) is 2.57. The molecule has 110 valence electrons. The van der Waals surface area contributed by atoms with Crippen molar-refractivity contribution >= 4 is 21.6 Å². The van der Waals surface area contributed by atoms with E-state index in [0.29, 0.717) is 5.69 Å². The van der Waals surface area contributed by atoms with Crippen molar-refractivity contribution in [2.75, 3.05) is 5.32 Å². The Hall–Kier alpha value is -1.42. The molecule has 1 aliphatic rings. The van der Waals surface area contributed by atoms with Gasteiger partial charge >= 0.3 is 0 Å². The molecule has 0 spiro atoms. The van der Waals surface area contributed by atoms with Crippen LogP contribution in [0.4, 0.5) is 14.5 Å². The van der Waals surface area contributed by atoms with Crippen LogP contribution in [0.15, 0.2) is 40.9 Å². The van der Waals surface area contributed by atoms with Gasteiger partial charge in [0.15, 0.2) is 0 Å². The van der Waals surface area contributed by atoms with Crippen molar-refractivity contribution in [1.29, 1.82) is 0 Å². The van der Waals surface area contributed by atoms with Crippen molar-refractivity contribution in [1.82, 2.24) is 0 Å². The molecule has 1 unspecified atom stereocenters. The van der Waals surface area contributed by atoms with Crippen molar-refractivity contribution < 1.29 is 8.78 Å². The van der Waals surface area contributed by atoms with Crippen LogP contribution in [0, 0.1) is 17.0 Å². The molecule has 0 fully saturated rings. The highest BCUT2D eigenvalue weighted by molar-refractivity contribution is 9.10. The van der Waals surface area contributed by atoms with Gasteiger partial charge in [0.2, 0.25) is 0 Å². The van der Waals surface area contributed by atoms with E-state index in [1.165, 1.54) is 17.2 Å². The summed E-state index contributed by atoms with van der Waals surface area (Å²) in [5, 5.41) is 3.25. The summed E-state index contributed by atoms with van der Waals surface area (Å²) in [7, 11) is 0. The fourth-order valence-corrected chi connectivity index (χ4v) is 3.40. The van der Waals surface area contributed by atoms with Gasteiger partial charge < -0.3 is 5.32 Å². The molecule has 0 radical (unpaired) electrons. The number of hydrogen-bond acceptors (Lipinski definition) is 1. The zero-order valence-electron chi connectivity index (χ0n) is 11.9. The van der Waals surface area contributed by atoms with E-state index in [4.69, 9.17) is 0 Å². The zero-order valence-corrected chi connectivity index (χ0v) is 13.5. The Morgan fingerprint density at radius 2 is 1.86 bits per heavy atom. The summed E-state index contributed by atoms with van der Waals surface area (Å²) >= 11 is 3.11. The average Bonchev–Trinajstić information content (AvgIpc) is 2.67. The predicted octanol–water partition coefficient (Wildman–Crippen LogP) is 5.46. The monoisotopic (exact) mass is 351 g/mol. The van der Waals surface area contributed by atoms with Crippen molar-refractivity contribution in [2.24, 2.45) is 5.41 Å². The molecule has 3 rings (SSSR count). The molecular weight excluding hydrogens is 336 g/mol. The number of hydrogen-bond donors (Lipinski definition) is 1. The van der Waals surface area contributed by atoms with Crippen LogP contribution in [-0.2, 0) is 6.42 Å². The summed E-state index contributed by atoms with van der Waals surface area (Å²) in [5.41, 5.74) is 2.75. The highest BCUT2D eigenvalue weighted by Crippen LogP contribution is 2.47. The van der Waals surface area contributed by atoms with Crippen LogP contribution in [0.25, 0.3) is 0 Å². The number of halogens is 3. The lowest BCUT2D eigenvalue weighted by Crippen LogP contribution is -2.25. The molecule has 1 atom stereocenters. The summed E-state index contributed by atoms with van der Waals surface area (Å²) < 4.78 is 27.6. The van der Waals surface area contributed by atoms with E-state index in [2.05, 4.69) is 47.2 Å². The second kappa shape index (κ2) is 5.09. The first-order valence-corrected chi connectivity index (χ1v) is 7.67. The first-order chi connectivity index (χ1) is 9.88. The van der Waals surface area contributed by atoms with E-state index in [-0.39, 0.29) is 15.9 Å². The molecule has 1 aliphatic carbocycles. The minimum Gasteiger partial charge on any atom is -0.375 e. The maximum Gasteiger partial charge on any atom is 0.149 e. The van der Waals surface area contributed by atoms with Crippen molar-refractivity contribution in [3.05, 3.63) is 63.6 Å². The predicted molar refractivity (Wildman–Crippen MR) is 84.3 cm³/mol. The minimum atomic E-state index is -0.593. The highest BCUT2D eigenvalue weighted by Gasteiger charge is 2.39. The van der Waals surface area contributed by atoms with Crippen LogP contribution in [-0.4, -0.2) is 0 Å². The van der Waals surface area contributed by atoms with E-state index in [9.17, 15) is 8.78 Å². The van der Waals surface area contributed by atoms with Gasteiger partial charge in [-0.15, -0.1) is 0 Å². The molecule has 0 aromatic heterocycles. The van der Waals surface area contributed by atoms with E-state index in [0.717, 1.165) is 12.5 Å². The Kier molecular flexibility index (Phi) is 3.52. The third-order valence-electron chi connectivity index (χ3n) is 4.10. The molecule has 1 nitrogen and oxygen atoms in total. The van der Waals surface area contributed by atoms with E-state index < -0.39 is 11.6 Å². The normalized spacial score (nSPS) is 19.4. The van der Waals surface area contributed by atoms with Crippen LogP contribution < -0.4 is 5.32 Å². The second-order valence-corrected chi connectivity index (χ2v) is 7.04. The molecule has 0 bridgehead atoms. The molecule has 0 amide bonds. The molecule has 0 saturated carbocycles. The summed E-state index contributed by atoms with van der Waals surface area (Å²) in [6.45, 7) is 4.31. The van der Waals surface area contributed by atoms with Crippen LogP contribution in [0.3, 0.4) is 0 Å². The van der Waals surface area contributed by atoms with Gasteiger partial charge in [-0.25, -0.2) is 8.78 Å². The van der Waals surface area contributed by atoms with Gasteiger partial charge in [0, 0.05) is 6.07 Å². The number of fused-ring (bicyclic) bond motifs is 1. The van der Waals surface area contributed by atoms with Crippen LogP contribution in [0.2, 0.25) is 0 Å². The molecule has 2 aromatic carbocycles.